The Bertz CT molecular complexity index is 423. The van der Waals surface area contributed by atoms with Crippen molar-refractivity contribution >= 4 is 9.84 Å². The minimum Gasteiger partial charge on any atom is -0.242 e. The lowest BCUT2D eigenvalue weighted by atomic mass is 10.0. The van der Waals surface area contributed by atoms with Crippen LogP contribution in [0, 0.1) is 17.1 Å². The van der Waals surface area contributed by atoms with Crippen molar-refractivity contribution in [2.24, 2.45) is 11.8 Å². The van der Waals surface area contributed by atoms with E-state index in [4.69, 9.17) is 0 Å². The van der Waals surface area contributed by atoms with Crippen molar-refractivity contribution in [1.29, 1.82) is 0 Å². The van der Waals surface area contributed by atoms with Crippen molar-refractivity contribution < 1.29 is 8.42 Å². The largest absolute Gasteiger partial charge is 0.242 e. The molecule has 2 bridgehead atoms. The minimum absolute atomic E-state index is 0.0896. The van der Waals surface area contributed by atoms with Crippen LogP contribution in [0.1, 0.15) is 27.2 Å². The van der Waals surface area contributed by atoms with Crippen molar-refractivity contribution in [2.75, 3.05) is 0 Å². The Morgan fingerprint density at radius 1 is 1.40 bits per heavy atom. The van der Waals surface area contributed by atoms with Gasteiger partial charge in [-0.2, -0.15) is 5.57 Å². The molecule has 2 aliphatic rings. The van der Waals surface area contributed by atoms with Gasteiger partial charge in [-0.15, -0.1) is 0 Å². The van der Waals surface area contributed by atoms with Crippen LogP contribution in [-0.4, -0.2) is 13.2 Å². The summed E-state index contributed by atoms with van der Waals surface area (Å²) in [4.78, 5) is 0. The predicted molar refractivity (Wildman–Crippen MR) is 61.8 cm³/mol. The van der Waals surface area contributed by atoms with Gasteiger partial charge in [0.05, 0.1) is 4.75 Å². The molecule has 0 aromatic rings. The Hall–Kier alpha value is -0.700. The Balaban J connectivity index is 2.42. The summed E-state index contributed by atoms with van der Waals surface area (Å²) in [5, 5.41) is 0.586. The third-order valence-electron chi connectivity index (χ3n) is 3.28. The summed E-state index contributed by atoms with van der Waals surface area (Å²) in [5.41, 5.74) is 0.817. The van der Waals surface area contributed by atoms with Crippen LogP contribution in [0.5, 0.6) is 0 Å². The molecule has 2 rings (SSSR count). The highest BCUT2D eigenvalue weighted by Crippen LogP contribution is 2.52. The summed E-state index contributed by atoms with van der Waals surface area (Å²) in [6, 6.07) is 0. The average molecular weight is 225 g/mol. The van der Waals surface area contributed by atoms with Crippen LogP contribution in [0.25, 0.3) is 0 Å². The van der Waals surface area contributed by atoms with Crippen LogP contribution < -0.4 is 0 Å². The molecule has 1 saturated carbocycles. The number of rotatable bonds is 1. The zero-order valence-corrected chi connectivity index (χ0v) is 10.3. The molecule has 0 aromatic heterocycles. The lowest BCUT2D eigenvalue weighted by Gasteiger charge is -2.36. The van der Waals surface area contributed by atoms with Gasteiger partial charge in [0.25, 0.3) is 0 Å². The molecule has 0 spiro atoms. The molecule has 15 heavy (non-hydrogen) atoms. The second-order valence-corrected chi connectivity index (χ2v) is 8.01. The Morgan fingerprint density at radius 2 is 2.00 bits per heavy atom. The molecular weight excluding hydrogens is 208 g/mol. The molecule has 1 fully saturated rings. The Labute approximate surface area is 92.0 Å². The summed E-state index contributed by atoms with van der Waals surface area (Å²) < 4.78 is 23.9. The zero-order valence-electron chi connectivity index (χ0n) is 9.45. The molecule has 0 aromatic carbocycles. The molecule has 2 unspecified atom stereocenters. The lowest BCUT2D eigenvalue weighted by molar-refractivity contribution is 0.555. The van der Waals surface area contributed by atoms with Gasteiger partial charge >= 0.3 is 0 Å². The molecule has 0 radical (unpaired) electrons. The van der Waals surface area contributed by atoms with Crippen LogP contribution in [0.15, 0.2) is 24.3 Å². The van der Waals surface area contributed by atoms with Crippen LogP contribution in [0.4, 0.5) is 0 Å². The number of hydrogen-bond acceptors (Lipinski definition) is 2. The molecule has 0 saturated heterocycles. The molecule has 0 aliphatic heterocycles. The minimum atomic E-state index is -3.19. The molecule has 84 valence electrons. The van der Waals surface area contributed by atoms with Gasteiger partial charge in [0, 0.05) is 0 Å². The van der Waals surface area contributed by atoms with Crippen LogP contribution in [0.2, 0.25) is 0 Å². The molecule has 2 nitrogen and oxygen atoms in total. The van der Waals surface area contributed by atoms with Crippen molar-refractivity contribution in [3.05, 3.63) is 29.6 Å². The lowest BCUT2D eigenvalue weighted by Crippen LogP contribution is -2.35. The van der Waals surface area contributed by atoms with E-state index in [-0.39, 0.29) is 11.8 Å². The first-order chi connectivity index (χ1) is 6.75. The van der Waals surface area contributed by atoms with Crippen LogP contribution >= 0.6 is 0 Å². The van der Waals surface area contributed by atoms with Gasteiger partial charge in [0.2, 0.25) is 0 Å². The first kappa shape index (κ1) is 10.8. The Morgan fingerprint density at radius 3 is 2.40 bits per heavy atom. The van der Waals surface area contributed by atoms with Gasteiger partial charge in [0.1, 0.15) is 9.84 Å². The van der Waals surface area contributed by atoms with Gasteiger partial charge in [-0.25, -0.2) is 15.0 Å². The predicted octanol–water partition coefficient (Wildman–Crippen LogP) is 2.49. The van der Waals surface area contributed by atoms with Crippen molar-refractivity contribution in [1.82, 2.24) is 0 Å². The van der Waals surface area contributed by atoms with Crippen molar-refractivity contribution in [2.45, 2.75) is 31.9 Å². The fraction of sp³-hybridized carbons (Fsp3) is 0.583. The van der Waals surface area contributed by atoms with Gasteiger partial charge < -0.3 is 0 Å². The number of allylic oxidation sites excluding steroid dienone is 2. The van der Waals surface area contributed by atoms with Crippen LogP contribution in [0.3, 0.4) is 0 Å². The smallest absolute Gasteiger partial charge is 0.113 e. The number of fused-ring (bicyclic) bond motifs is 2. The van der Waals surface area contributed by atoms with E-state index in [1.807, 2.05) is 6.08 Å². The summed E-state index contributed by atoms with van der Waals surface area (Å²) >= 11 is 0. The van der Waals surface area contributed by atoms with Gasteiger partial charge in [0.15, 0.2) is 0 Å². The van der Waals surface area contributed by atoms with Gasteiger partial charge in [-0.05, 0) is 26.7 Å². The van der Waals surface area contributed by atoms with E-state index < -0.39 is 14.6 Å². The average Bonchev–Trinajstić information content (AvgIpc) is 2.60. The normalized spacial score (nSPS) is 30.3. The second kappa shape index (κ2) is 2.91. The highest BCUT2D eigenvalue weighted by Gasteiger charge is 2.42. The van der Waals surface area contributed by atoms with Crippen LogP contribution in [-0.2, 0) is 9.84 Å². The highest BCUT2D eigenvalue weighted by atomic mass is 32.2. The fourth-order valence-corrected chi connectivity index (χ4v) is 4.00. The van der Waals surface area contributed by atoms with Gasteiger partial charge in [-0.1, -0.05) is 29.7 Å². The van der Waals surface area contributed by atoms with Gasteiger partial charge in [-0.3, -0.25) is 0 Å². The molecule has 0 amide bonds. The summed E-state index contributed by atoms with van der Waals surface area (Å²) in [7, 11) is -3.19. The molecule has 2 aliphatic carbocycles. The molecule has 0 heterocycles. The maximum absolute atomic E-state index is 12.3. The fourth-order valence-electron chi connectivity index (χ4n) is 2.27. The second-order valence-electron chi connectivity index (χ2n) is 5.34. The zero-order chi connectivity index (χ0) is 11.4. The third kappa shape index (κ3) is 1.36. The molecular formula is C12H17O2S-. The summed E-state index contributed by atoms with van der Waals surface area (Å²) in [5.74, 6) is 0.355. The third-order valence-corrected chi connectivity index (χ3v) is 6.04. The summed E-state index contributed by atoms with van der Waals surface area (Å²) in [6.07, 6.45) is 5.00. The molecule has 3 heteroatoms. The van der Waals surface area contributed by atoms with E-state index in [9.17, 15) is 8.42 Å². The van der Waals surface area contributed by atoms with E-state index in [0.717, 1.165) is 12.0 Å². The number of hydrogen-bond donors (Lipinski definition) is 0. The standard InChI is InChI=1S/C12H17O2S/c1-8-9-5-6-10(7-9)11(8)15(13,14)12(2,3)4/h5-6,9-10H,1,7H2,2-4H3/q-1. The SMILES string of the molecule is C=C1[C-](S(=O)(=O)C(C)(C)C)C2C=CC1C2. The topological polar surface area (TPSA) is 34.1 Å². The van der Waals surface area contributed by atoms with Crippen molar-refractivity contribution in [3.63, 3.8) is 0 Å². The van der Waals surface area contributed by atoms with E-state index in [1.54, 1.807) is 20.8 Å². The first-order valence-electron chi connectivity index (χ1n) is 5.24. The Kier molecular flexibility index (Phi) is 2.10. The monoisotopic (exact) mass is 225 g/mol. The maximum Gasteiger partial charge on any atom is 0.113 e. The van der Waals surface area contributed by atoms with Crippen molar-refractivity contribution in [3.8, 4) is 0 Å². The molecule has 2 atom stereocenters. The molecule has 0 N–H and O–H groups in total. The van der Waals surface area contributed by atoms with E-state index in [0.29, 0.717) is 5.25 Å². The number of sulfone groups is 1. The summed E-state index contributed by atoms with van der Waals surface area (Å²) in [6.45, 7) is 9.18. The van der Waals surface area contributed by atoms with E-state index >= 15 is 0 Å². The van der Waals surface area contributed by atoms with E-state index in [2.05, 4.69) is 12.7 Å². The first-order valence-corrected chi connectivity index (χ1v) is 6.72. The van der Waals surface area contributed by atoms with E-state index in [1.165, 1.54) is 0 Å². The maximum atomic E-state index is 12.3. The quantitative estimate of drug-likeness (QED) is 0.507. The highest BCUT2D eigenvalue weighted by molar-refractivity contribution is 7.95.